The summed E-state index contributed by atoms with van der Waals surface area (Å²) in [5.74, 6) is 0.163. The molecule has 0 aromatic heterocycles. The van der Waals surface area contributed by atoms with Gasteiger partial charge < -0.3 is 10.1 Å². The molecule has 20 heavy (non-hydrogen) atoms. The molecule has 0 amide bonds. The average molecular weight is 352 g/mol. The van der Waals surface area contributed by atoms with Crippen LogP contribution in [-0.2, 0) is 10.9 Å². The molecule has 1 aromatic rings. The third-order valence-electron chi connectivity index (χ3n) is 3.70. The fourth-order valence-electron chi connectivity index (χ4n) is 2.74. The highest BCUT2D eigenvalue weighted by molar-refractivity contribution is 9.10. The second kappa shape index (κ2) is 6.45. The molecule has 2 nitrogen and oxygen atoms in total. The molecule has 1 saturated heterocycles. The van der Waals surface area contributed by atoms with Crippen LogP contribution in [-0.4, -0.2) is 20.3 Å². The van der Waals surface area contributed by atoms with E-state index in [9.17, 15) is 13.2 Å². The molecule has 1 aliphatic heterocycles. The number of hydrogen-bond acceptors (Lipinski definition) is 2. The summed E-state index contributed by atoms with van der Waals surface area (Å²) >= 11 is 3.12. The fourth-order valence-corrected chi connectivity index (χ4v) is 3.10. The summed E-state index contributed by atoms with van der Waals surface area (Å²) in [5, 5.41) is 3.05. The van der Waals surface area contributed by atoms with E-state index in [4.69, 9.17) is 4.74 Å². The largest absolute Gasteiger partial charge is 0.416 e. The molecule has 1 heterocycles. The zero-order valence-electron chi connectivity index (χ0n) is 11.1. The van der Waals surface area contributed by atoms with E-state index >= 15 is 0 Å². The van der Waals surface area contributed by atoms with Gasteiger partial charge in [0.2, 0.25) is 0 Å². The minimum absolute atomic E-state index is 0.163. The van der Waals surface area contributed by atoms with Crippen LogP contribution in [0.5, 0.6) is 0 Å². The highest BCUT2D eigenvalue weighted by Gasteiger charge is 2.37. The molecule has 1 aliphatic rings. The van der Waals surface area contributed by atoms with Gasteiger partial charge in [-0.05, 0) is 43.5 Å². The number of alkyl halides is 3. The smallest absolute Gasteiger partial charge is 0.381 e. The van der Waals surface area contributed by atoms with Crippen LogP contribution in [0, 0.1) is 5.92 Å². The van der Waals surface area contributed by atoms with Crippen molar-refractivity contribution in [3.05, 3.63) is 33.8 Å². The minimum atomic E-state index is -4.35. The van der Waals surface area contributed by atoms with Gasteiger partial charge in [-0.15, -0.1) is 0 Å². The third-order valence-corrected chi connectivity index (χ3v) is 4.20. The molecule has 1 atom stereocenters. The fraction of sp³-hybridized carbons (Fsp3) is 0.571. The van der Waals surface area contributed by atoms with Gasteiger partial charge in [-0.3, -0.25) is 0 Å². The standard InChI is InChI=1S/C14H17BrF3NO/c1-19-13(9-4-6-20-7-5-9)11-3-2-10(15)8-12(11)14(16,17)18/h2-3,8-9,13,19H,4-7H2,1H3. The van der Waals surface area contributed by atoms with E-state index in [2.05, 4.69) is 21.2 Å². The molecule has 6 heteroatoms. The first-order valence-corrected chi connectivity index (χ1v) is 7.34. The molecule has 112 valence electrons. The monoisotopic (exact) mass is 351 g/mol. The van der Waals surface area contributed by atoms with Gasteiger partial charge in [0.1, 0.15) is 0 Å². The van der Waals surface area contributed by atoms with Crippen molar-refractivity contribution >= 4 is 15.9 Å². The summed E-state index contributed by atoms with van der Waals surface area (Å²) in [7, 11) is 1.71. The highest BCUT2D eigenvalue weighted by atomic mass is 79.9. The Balaban J connectivity index is 2.38. The first-order chi connectivity index (χ1) is 9.43. The molecular weight excluding hydrogens is 335 g/mol. The summed E-state index contributed by atoms with van der Waals surface area (Å²) in [6.45, 7) is 1.22. The van der Waals surface area contributed by atoms with Crippen molar-refractivity contribution in [2.75, 3.05) is 20.3 Å². The van der Waals surface area contributed by atoms with Gasteiger partial charge in [-0.1, -0.05) is 22.0 Å². The number of rotatable bonds is 3. The highest BCUT2D eigenvalue weighted by Crippen LogP contribution is 2.40. The molecule has 1 unspecified atom stereocenters. The Kier molecular flexibility index (Phi) is 5.09. The second-order valence-electron chi connectivity index (χ2n) is 4.95. The van der Waals surface area contributed by atoms with E-state index in [0.29, 0.717) is 23.2 Å². The normalized spacial score (nSPS) is 19.1. The van der Waals surface area contributed by atoms with Gasteiger partial charge in [0.15, 0.2) is 0 Å². The Morgan fingerprint density at radius 1 is 1.30 bits per heavy atom. The lowest BCUT2D eigenvalue weighted by Crippen LogP contribution is -2.31. The van der Waals surface area contributed by atoms with E-state index in [-0.39, 0.29) is 12.0 Å². The number of halogens is 4. The minimum Gasteiger partial charge on any atom is -0.381 e. The summed E-state index contributed by atoms with van der Waals surface area (Å²) in [6.07, 6.45) is -2.79. The van der Waals surface area contributed by atoms with E-state index in [1.807, 2.05) is 0 Å². The Labute approximate surface area is 124 Å². The van der Waals surface area contributed by atoms with Gasteiger partial charge in [0.05, 0.1) is 5.56 Å². The van der Waals surface area contributed by atoms with Crippen LogP contribution in [0.25, 0.3) is 0 Å². The first kappa shape index (κ1) is 15.8. The number of ether oxygens (including phenoxy) is 1. The second-order valence-corrected chi connectivity index (χ2v) is 5.86. The number of nitrogens with one attached hydrogen (secondary N) is 1. The summed E-state index contributed by atoms with van der Waals surface area (Å²) in [4.78, 5) is 0. The van der Waals surface area contributed by atoms with Crippen molar-refractivity contribution in [3.63, 3.8) is 0 Å². The van der Waals surface area contributed by atoms with E-state index in [1.54, 1.807) is 19.2 Å². The Morgan fingerprint density at radius 2 is 1.95 bits per heavy atom. The van der Waals surface area contributed by atoms with Crippen molar-refractivity contribution in [1.29, 1.82) is 0 Å². The topological polar surface area (TPSA) is 21.3 Å². The third kappa shape index (κ3) is 3.54. The van der Waals surface area contributed by atoms with E-state index in [0.717, 1.165) is 18.9 Å². The van der Waals surface area contributed by atoms with Gasteiger partial charge in [0.25, 0.3) is 0 Å². The lowest BCUT2D eigenvalue weighted by Gasteiger charge is -2.32. The van der Waals surface area contributed by atoms with Gasteiger partial charge in [0, 0.05) is 23.7 Å². The number of hydrogen-bond donors (Lipinski definition) is 1. The number of benzene rings is 1. The molecule has 0 bridgehead atoms. The van der Waals surface area contributed by atoms with E-state index in [1.165, 1.54) is 0 Å². The van der Waals surface area contributed by atoms with Crippen LogP contribution in [0.1, 0.15) is 30.0 Å². The molecule has 0 aliphatic carbocycles. The molecule has 2 rings (SSSR count). The quantitative estimate of drug-likeness (QED) is 0.882. The summed E-state index contributed by atoms with van der Waals surface area (Å²) < 4.78 is 45.4. The molecule has 1 fully saturated rings. The van der Waals surface area contributed by atoms with E-state index < -0.39 is 11.7 Å². The van der Waals surface area contributed by atoms with Crippen LogP contribution in [0.4, 0.5) is 13.2 Å². The zero-order valence-corrected chi connectivity index (χ0v) is 12.7. The summed E-state index contributed by atoms with van der Waals surface area (Å²) in [6, 6.07) is 4.07. The predicted octanol–water partition coefficient (Wildman–Crippen LogP) is 4.16. The Bertz CT molecular complexity index is 458. The maximum Gasteiger partial charge on any atom is 0.416 e. The lowest BCUT2D eigenvalue weighted by atomic mass is 9.85. The van der Waals surface area contributed by atoms with Crippen LogP contribution >= 0.6 is 15.9 Å². The van der Waals surface area contributed by atoms with Gasteiger partial charge in [-0.2, -0.15) is 13.2 Å². The maximum absolute atomic E-state index is 13.2. The molecule has 0 saturated carbocycles. The van der Waals surface area contributed by atoms with Crippen molar-refractivity contribution in [3.8, 4) is 0 Å². The Hall–Kier alpha value is -0.590. The zero-order chi connectivity index (χ0) is 14.8. The van der Waals surface area contributed by atoms with Crippen LogP contribution in [0.2, 0.25) is 0 Å². The molecule has 0 spiro atoms. The van der Waals surface area contributed by atoms with Crippen LogP contribution in [0.15, 0.2) is 22.7 Å². The maximum atomic E-state index is 13.2. The first-order valence-electron chi connectivity index (χ1n) is 6.55. The van der Waals surface area contributed by atoms with Crippen molar-refractivity contribution < 1.29 is 17.9 Å². The average Bonchev–Trinajstić information content (AvgIpc) is 2.41. The lowest BCUT2D eigenvalue weighted by molar-refractivity contribution is -0.138. The molecule has 0 radical (unpaired) electrons. The van der Waals surface area contributed by atoms with Gasteiger partial charge in [-0.25, -0.2) is 0 Å². The molecular formula is C14H17BrF3NO. The predicted molar refractivity (Wildman–Crippen MR) is 74.5 cm³/mol. The van der Waals surface area contributed by atoms with Crippen molar-refractivity contribution in [2.24, 2.45) is 5.92 Å². The Morgan fingerprint density at radius 3 is 2.50 bits per heavy atom. The van der Waals surface area contributed by atoms with Gasteiger partial charge >= 0.3 is 6.18 Å². The SMILES string of the molecule is CNC(c1ccc(Br)cc1C(F)(F)F)C1CCOCC1. The van der Waals surface area contributed by atoms with Crippen LogP contribution in [0.3, 0.4) is 0 Å². The molecule has 1 aromatic carbocycles. The van der Waals surface area contributed by atoms with Crippen molar-refractivity contribution in [2.45, 2.75) is 25.1 Å². The molecule has 1 N–H and O–H groups in total. The summed E-state index contributed by atoms with van der Waals surface area (Å²) in [5.41, 5.74) is -0.257. The van der Waals surface area contributed by atoms with Crippen LogP contribution < -0.4 is 5.32 Å². The van der Waals surface area contributed by atoms with Crippen molar-refractivity contribution in [1.82, 2.24) is 5.32 Å².